The van der Waals surface area contributed by atoms with Crippen LogP contribution in [0.5, 0.6) is 5.75 Å². The van der Waals surface area contributed by atoms with Crippen LogP contribution in [0.4, 0.5) is 0 Å². The number of fused-ring (bicyclic) bond motifs is 2. The molecule has 0 spiro atoms. The predicted molar refractivity (Wildman–Crippen MR) is 111 cm³/mol. The first-order valence-electron chi connectivity index (χ1n) is 9.46. The number of benzene rings is 2. The monoisotopic (exact) mass is 438 g/mol. The average molecular weight is 439 g/mol. The van der Waals surface area contributed by atoms with E-state index in [2.05, 4.69) is 4.99 Å². The number of carboxylic acid groups (broad SMARTS) is 1. The van der Waals surface area contributed by atoms with Crippen molar-refractivity contribution in [3.63, 3.8) is 0 Å². The Kier molecular flexibility index (Phi) is 5.37. The molecule has 2 aromatic carbocycles. The lowest BCUT2D eigenvalue weighted by Crippen LogP contribution is -2.34. The van der Waals surface area contributed by atoms with Gasteiger partial charge in [0, 0.05) is 28.3 Å². The fourth-order valence-electron chi connectivity index (χ4n) is 4.11. The molecule has 1 aliphatic carbocycles. The SMILES string of the molecule is COC(=O)C1C(C)=NC2=C(C(=O)c3ccccc32)[C@H]1c1ccc(OCC(=O)[O-])c(Cl)c1. The number of methoxy groups -OCH3 is 1. The summed E-state index contributed by atoms with van der Waals surface area (Å²) in [5.41, 5.74) is 3.30. The second kappa shape index (κ2) is 8.00. The number of nitrogens with zero attached hydrogens (tertiary/aromatic N) is 1. The number of hydrogen-bond acceptors (Lipinski definition) is 7. The summed E-state index contributed by atoms with van der Waals surface area (Å²) in [5, 5.41) is 10.8. The molecule has 158 valence electrons. The number of halogens is 1. The fourth-order valence-corrected chi connectivity index (χ4v) is 4.35. The van der Waals surface area contributed by atoms with Crippen LogP contribution in [0.25, 0.3) is 5.70 Å². The van der Waals surface area contributed by atoms with Crippen molar-refractivity contribution in [2.45, 2.75) is 12.8 Å². The minimum Gasteiger partial charge on any atom is -0.546 e. The normalized spacial score (nSPS) is 19.5. The Labute approximate surface area is 183 Å². The predicted octanol–water partition coefficient (Wildman–Crippen LogP) is 2.42. The lowest BCUT2D eigenvalue weighted by Gasteiger charge is -2.30. The van der Waals surface area contributed by atoms with E-state index in [1.54, 1.807) is 31.2 Å². The third-order valence-electron chi connectivity index (χ3n) is 5.42. The molecule has 31 heavy (non-hydrogen) atoms. The number of ether oxygens (including phenoxy) is 2. The van der Waals surface area contributed by atoms with Crippen LogP contribution < -0.4 is 9.84 Å². The number of allylic oxidation sites excluding steroid dienone is 1. The van der Waals surface area contributed by atoms with Gasteiger partial charge in [-0.25, -0.2) is 0 Å². The molecule has 0 fully saturated rings. The van der Waals surface area contributed by atoms with Gasteiger partial charge in [-0.2, -0.15) is 0 Å². The van der Waals surface area contributed by atoms with Crippen molar-refractivity contribution in [1.82, 2.24) is 0 Å². The Hall–Kier alpha value is -3.45. The van der Waals surface area contributed by atoms with Gasteiger partial charge in [-0.3, -0.25) is 14.6 Å². The average Bonchev–Trinajstić information content (AvgIpc) is 3.03. The number of aliphatic imine (C=N–C) groups is 1. The second-order valence-corrected chi connectivity index (χ2v) is 7.63. The van der Waals surface area contributed by atoms with Gasteiger partial charge >= 0.3 is 5.97 Å². The van der Waals surface area contributed by atoms with E-state index in [1.807, 2.05) is 12.1 Å². The first kappa shape index (κ1) is 20.8. The number of aliphatic carboxylic acids is 1. The highest BCUT2D eigenvalue weighted by Crippen LogP contribution is 2.48. The summed E-state index contributed by atoms with van der Waals surface area (Å²) in [5.74, 6) is -3.43. The van der Waals surface area contributed by atoms with Crippen LogP contribution >= 0.6 is 11.6 Å². The molecule has 0 amide bonds. The van der Waals surface area contributed by atoms with E-state index in [9.17, 15) is 19.5 Å². The summed E-state index contributed by atoms with van der Waals surface area (Å²) in [4.78, 5) is 41.3. The Balaban J connectivity index is 1.84. The molecule has 0 saturated carbocycles. The Morgan fingerprint density at radius 1 is 1.16 bits per heavy atom. The van der Waals surface area contributed by atoms with E-state index in [-0.39, 0.29) is 16.6 Å². The maximum Gasteiger partial charge on any atom is 0.315 e. The minimum absolute atomic E-state index is 0.146. The van der Waals surface area contributed by atoms with Gasteiger partial charge < -0.3 is 19.4 Å². The molecule has 0 bridgehead atoms. The molecule has 2 aromatic rings. The van der Waals surface area contributed by atoms with Crippen molar-refractivity contribution in [1.29, 1.82) is 0 Å². The van der Waals surface area contributed by atoms with Crippen molar-refractivity contribution in [3.8, 4) is 5.75 Å². The third kappa shape index (κ3) is 3.51. The molecule has 2 aliphatic rings. The first-order chi connectivity index (χ1) is 14.8. The van der Waals surface area contributed by atoms with Crippen LogP contribution in [0.1, 0.15) is 34.3 Å². The quantitative estimate of drug-likeness (QED) is 0.664. The zero-order valence-electron chi connectivity index (χ0n) is 16.7. The molecule has 0 saturated heterocycles. The molecule has 0 radical (unpaired) electrons. The summed E-state index contributed by atoms with van der Waals surface area (Å²) in [6.07, 6.45) is 0. The molecule has 4 rings (SSSR count). The van der Waals surface area contributed by atoms with Crippen LogP contribution in [0.15, 0.2) is 53.0 Å². The molecule has 2 atom stereocenters. The third-order valence-corrected chi connectivity index (χ3v) is 5.72. The lowest BCUT2D eigenvalue weighted by atomic mass is 9.75. The molecular formula is C23H17ClNO6-. The lowest BCUT2D eigenvalue weighted by molar-refractivity contribution is -0.307. The first-order valence-corrected chi connectivity index (χ1v) is 9.84. The molecule has 0 aromatic heterocycles. The smallest absolute Gasteiger partial charge is 0.315 e. The zero-order valence-corrected chi connectivity index (χ0v) is 17.4. The molecule has 0 N–H and O–H groups in total. The highest BCUT2D eigenvalue weighted by Gasteiger charge is 2.46. The molecule has 1 heterocycles. The van der Waals surface area contributed by atoms with Crippen molar-refractivity contribution >= 4 is 40.7 Å². The van der Waals surface area contributed by atoms with Gasteiger partial charge in [0.2, 0.25) is 0 Å². The summed E-state index contributed by atoms with van der Waals surface area (Å²) < 4.78 is 10.1. The molecule has 7 nitrogen and oxygen atoms in total. The van der Waals surface area contributed by atoms with Gasteiger partial charge in [0.25, 0.3) is 0 Å². The summed E-state index contributed by atoms with van der Waals surface area (Å²) in [7, 11) is 1.28. The number of carbonyl (C=O) groups is 3. The van der Waals surface area contributed by atoms with E-state index in [0.29, 0.717) is 28.1 Å². The van der Waals surface area contributed by atoms with Gasteiger partial charge in [-0.05, 0) is 24.6 Å². The fraction of sp³-hybridized carbons (Fsp3) is 0.217. The molecule has 1 aliphatic heterocycles. The van der Waals surface area contributed by atoms with Gasteiger partial charge in [-0.1, -0.05) is 41.9 Å². The maximum atomic E-state index is 13.3. The van der Waals surface area contributed by atoms with E-state index in [0.717, 1.165) is 5.56 Å². The van der Waals surface area contributed by atoms with Crippen molar-refractivity contribution in [3.05, 3.63) is 69.8 Å². The molecule has 8 heteroatoms. The Morgan fingerprint density at radius 2 is 1.87 bits per heavy atom. The van der Waals surface area contributed by atoms with Gasteiger partial charge in [0.05, 0.1) is 23.8 Å². The molecule has 1 unspecified atom stereocenters. The van der Waals surface area contributed by atoms with E-state index >= 15 is 0 Å². The topological polar surface area (TPSA) is 105 Å². The minimum atomic E-state index is -1.38. The van der Waals surface area contributed by atoms with Crippen LogP contribution in [-0.4, -0.2) is 37.2 Å². The highest BCUT2D eigenvalue weighted by atomic mass is 35.5. The summed E-state index contributed by atoms with van der Waals surface area (Å²) in [6, 6.07) is 11.9. The molecular weight excluding hydrogens is 422 g/mol. The maximum absolute atomic E-state index is 13.3. The zero-order chi connectivity index (χ0) is 22.3. The van der Waals surface area contributed by atoms with Crippen LogP contribution in [-0.2, 0) is 14.3 Å². The number of carboxylic acids is 1. The van der Waals surface area contributed by atoms with Crippen LogP contribution in [0.3, 0.4) is 0 Å². The summed E-state index contributed by atoms with van der Waals surface area (Å²) >= 11 is 6.31. The van der Waals surface area contributed by atoms with Gasteiger partial charge in [-0.15, -0.1) is 0 Å². The number of carbonyl (C=O) groups excluding carboxylic acids is 3. The number of hydrogen-bond donors (Lipinski definition) is 0. The van der Waals surface area contributed by atoms with Crippen molar-refractivity contribution in [2.75, 3.05) is 13.7 Å². The Morgan fingerprint density at radius 3 is 2.52 bits per heavy atom. The Bertz CT molecular complexity index is 1180. The van der Waals surface area contributed by atoms with E-state index < -0.39 is 30.4 Å². The standard InChI is InChI=1S/C23H18ClNO6/c1-11-18(23(29)30-2)19(12-7-8-16(15(24)9-12)31-10-17(26)27)20-21(25-11)13-5-3-4-6-14(13)22(20)28/h3-9,18-19H,10H2,1-2H3,(H,26,27)/p-1/t18?,19-/m0/s1. The number of Topliss-reactive ketones (excluding diaryl/α,β-unsaturated/α-hetero) is 1. The highest BCUT2D eigenvalue weighted by molar-refractivity contribution is 6.32. The van der Waals surface area contributed by atoms with Gasteiger partial charge in [0.1, 0.15) is 18.3 Å². The van der Waals surface area contributed by atoms with Crippen molar-refractivity contribution in [2.24, 2.45) is 10.9 Å². The van der Waals surface area contributed by atoms with Crippen LogP contribution in [0, 0.1) is 5.92 Å². The number of esters is 1. The van der Waals surface area contributed by atoms with Gasteiger partial charge in [0.15, 0.2) is 5.78 Å². The number of ketones is 1. The largest absolute Gasteiger partial charge is 0.546 e. The van der Waals surface area contributed by atoms with E-state index in [1.165, 1.54) is 13.2 Å². The second-order valence-electron chi connectivity index (χ2n) is 7.22. The van der Waals surface area contributed by atoms with Crippen LogP contribution in [0.2, 0.25) is 5.02 Å². The van der Waals surface area contributed by atoms with Crippen molar-refractivity contribution < 1.29 is 29.0 Å². The number of rotatable bonds is 5. The van der Waals surface area contributed by atoms with E-state index in [4.69, 9.17) is 21.1 Å². The summed E-state index contributed by atoms with van der Waals surface area (Å²) in [6.45, 7) is 1.07.